The molecular weight excluding hydrogens is 332 g/mol. The number of anilines is 1. The highest BCUT2D eigenvalue weighted by atomic mass is 79.9. The molecule has 0 bridgehead atoms. The van der Waals surface area contributed by atoms with Crippen molar-refractivity contribution in [2.24, 2.45) is 0 Å². The third-order valence-corrected chi connectivity index (χ3v) is 3.93. The summed E-state index contributed by atoms with van der Waals surface area (Å²) in [5.41, 5.74) is 2.46. The fourth-order valence-electron chi connectivity index (χ4n) is 2.07. The summed E-state index contributed by atoms with van der Waals surface area (Å²) in [6.45, 7) is 9.63. The van der Waals surface area contributed by atoms with Crippen molar-refractivity contribution in [3.05, 3.63) is 28.2 Å². The van der Waals surface area contributed by atoms with Gasteiger partial charge in [-0.25, -0.2) is 0 Å². The Labute approximate surface area is 136 Å². The molecule has 120 valence electrons. The average molecular weight is 359 g/mol. The van der Waals surface area contributed by atoms with Gasteiger partial charge in [0.25, 0.3) is 0 Å². The molecule has 5 heteroatoms. The Morgan fingerprint density at radius 2 is 1.71 bits per heavy atom. The molecule has 0 fully saturated rings. The summed E-state index contributed by atoms with van der Waals surface area (Å²) in [6.07, 6.45) is 0. The van der Waals surface area contributed by atoms with Crippen molar-refractivity contribution in [1.29, 1.82) is 0 Å². The lowest BCUT2D eigenvalue weighted by Gasteiger charge is -2.25. The number of hydrogen-bond acceptors (Lipinski definition) is 4. The highest BCUT2D eigenvalue weighted by molar-refractivity contribution is 9.10. The third kappa shape index (κ3) is 6.78. The summed E-state index contributed by atoms with van der Waals surface area (Å²) in [7, 11) is 1.96. The fourth-order valence-corrected chi connectivity index (χ4v) is 2.58. The first kappa shape index (κ1) is 18.4. The van der Waals surface area contributed by atoms with Gasteiger partial charge in [-0.2, -0.15) is 0 Å². The summed E-state index contributed by atoms with van der Waals surface area (Å²) in [5.74, 6) is 0. The smallest absolute Gasteiger partial charge is 0.0641 e. The summed E-state index contributed by atoms with van der Waals surface area (Å²) >= 11 is 3.65. The molecule has 0 aromatic heterocycles. The number of halogens is 1. The highest BCUT2D eigenvalue weighted by Crippen LogP contribution is 2.24. The second-order valence-electron chi connectivity index (χ2n) is 4.69. The van der Waals surface area contributed by atoms with E-state index in [1.54, 1.807) is 0 Å². The first-order valence-corrected chi connectivity index (χ1v) is 8.35. The van der Waals surface area contributed by atoms with Crippen LogP contribution in [0.2, 0.25) is 0 Å². The minimum Gasteiger partial charge on any atom is -0.380 e. The molecule has 0 aliphatic carbocycles. The average Bonchev–Trinajstić information content (AvgIpc) is 2.48. The topological polar surface area (TPSA) is 33.7 Å². The number of hydrogen-bond donors (Lipinski definition) is 1. The molecule has 0 radical (unpaired) electrons. The highest BCUT2D eigenvalue weighted by Gasteiger charge is 2.09. The molecule has 0 unspecified atom stereocenters. The lowest BCUT2D eigenvalue weighted by molar-refractivity contribution is 0.141. The predicted molar refractivity (Wildman–Crippen MR) is 92.1 cm³/mol. The Morgan fingerprint density at radius 3 is 2.19 bits per heavy atom. The minimum atomic E-state index is 0.735. The van der Waals surface area contributed by atoms with Crippen LogP contribution in [0.4, 0.5) is 5.69 Å². The van der Waals surface area contributed by atoms with E-state index in [1.165, 1.54) is 11.3 Å². The number of ether oxygens (including phenoxy) is 2. The zero-order valence-corrected chi connectivity index (χ0v) is 14.9. The van der Waals surface area contributed by atoms with Crippen LogP contribution < -0.4 is 10.2 Å². The molecule has 0 aliphatic heterocycles. The lowest BCUT2D eigenvalue weighted by atomic mass is 10.2. The van der Waals surface area contributed by atoms with Crippen molar-refractivity contribution in [2.75, 3.05) is 51.5 Å². The number of nitrogens with zero attached hydrogens (tertiary/aromatic N) is 1. The quantitative estimate of drug-likeness (QED) is 0.616. The van der Waals surface area contributed by atoms with Crippen LogP contribution in [0.3, 0.4) is 0 Å². The molecular formula is C16H27BrN2O2. The van der Waals surface area contributed by atoms with Gasteiger partial charge in [-0.15, -0.1) is 0 Å². The molecule has 0 amide bonds. The Hall–Kier alpha value is -0.620. The lowest BCUT2D eigenvalue weighted by Crippen LogP contribution is -2.31. The summed E-state index contributed by atoms with van der Waals surface area (Å²) in [4.78, 5) is 2.30. The van der Waals surface area contributed by atoms with Gasteiger partial charge >= 0.3 is 0 Å². The van der Waals surface area contributed by atoms with Crippen molar-refractivity contribution in [1.82, 2.24) is 5.32 Å². The first-order chi connectivity index (χ1) is 10.2. The molecule has 1 aromatic rings. The second-order valence-corrected chi connectivity index (χ2v) is 5.54. The van der Waals surface area contributed by atoms with Crippen LogP contribution in [0.5, 0.6) is 0 Å². The van der Waals surface area contributed by atoms with Crippen molar-refractivity contribution < 1.29 is 9.47 Å². The van der Waals surface area contributed by atoms with Gasteiger partial charge in [-0.3, -0.25) is 0 Å². The SMILES string of the molecule is CCOCCN(CCOCC)c1ccc(CNC)c(Br)c1. The van der Waals surface area contributed by atoms with E-state index in [0.29, 0.717) is 0 Å². The fraction of sp³-hybridized carbons (Fsp3) is 0.625. The molecule has 0 spiro atoms. The molecule has 0 saturated heterocycles. The standard InChI is InChI=1S/C16H27BrN2O2/c1-4-20-10-8-19(9-11-21-5-2)15-7-6-14(13-18-3)16(17)12-15/h6-7,12,18H,4-5,8-11,13H2,1-3H3. The van der Waals surface area contributed by atoms with Gasteiger partial charge in [0.2, 0.25) is 0 Å². The number of benzene rings is 1. The van der Waals surface area contributed by atoms with E-state index in [2.05, 4.69) is 44.3 Å². The van der Waals surface area contributed by atoms with Gasteiger partial charge in [0.1, 0.15) is 0 Å². The van der Waals surface area contributed by atoms with Crippen LogP contribution in [0.25, 0.3) is 0 Å². The van der Waals surface area contributed by atoms with Crippen LogP contribution in [0.15, 0.2) is 22.7 Å². The Kier molecular flexibility index (Phi) is 9.67. The third-order valence-electron chi connectivity index (χ3n) is 3.19. The zero-order valence-electron chi connectivity index (χ0n) is 13.3. The Balaban J connectivity index is 2.72. The summed E-state index contributed by atoms with van der Waals surface area (Å²) < 4.78 is 12.1. The molecule has 4 nitrogen and oxygen atoms in total. The molecule has 0 saturated carbocycles. The van der Waals surface area contributed by atoms with E-state index in [1.807, 2.05) is 20.9 Å². The summed E-state index contributed by atoms with van der Waals surface area (Å²) in [6, 6.07) is 6.49. The number of nitrogens with one attached hydrogen (secondary N) is 1. The van der Waals surface area contributed by atoms with E-state index < -0.39 is 0 Å². The maximum absolute atomic E-state index is 5.48. The summed E-state index contributed by atoms with van der Waals surface area (Å²) in [5, 5.41) is 3.17. The maximum atomic E-state index is 5.48. The van der Waals surface area contributed by atoms with Gasteiger partial charge in [0.15, 0.2) is 0 Å². The molecule has 0 aliphatic rings. The maximum Gasteiger partial charge on any atom is 0.0641 e. The predicted octanol–water partition coefficient (Wildman–Crippen LogP) is 3.05. The second kappa shape index (κ2) is 11.0. The molecule has 0 heterocycles. The normalized spacial score (nSPS) is 10.9. The number of rotatable bonds is 11. The molecule has 1 rings (SSSR count). The van der Waals surface area contributed by atoms with E-state index in [9.17, 15) is 0 Å². The van der Waals surface area contributed by atoms with Gasteiger partial charge in [0, 0.05) is 43.0 Å². The van der Waals surface area contributed by atoms with Crippen molar-refractivity contribution in [3.63, 3.8) is 0 Å². The van der Waals surface area contributed by atoms with E-state index in [4.69, 9.17) is 9.47 Å². The van der Waals surface area contributed by atoms with E-state index >= 15 is 0 Å². The molecule has 1 N–H and O–H groups in total. The molecule has 0 atom stereocenters. The van der Waals surface area contributed by atoms with Gasteiger partial charge in [-0.1, -0.05) is 22.0 Å². The first-order valence-electron chi connectivity index (χ1n) is 7.56. The van der Waals surface area contributed by atoms with Crippen molar-refractivity contribution >= 4 is 21.6 Å². The Morgan fingerprint density at radius 1 is 1.10 bits per heavy atom. The van der Waals surface area contributed by atoms with Crippen LogP contribution in [-0.4, -0.2) is 46.6 Å². The van der Waals surface area contributed by atoms with Crippen LogP contribution in [0.1, 0.15) is 19.4 Å². The Bertz CT molecular complexity index is 392. The van der Waals surface area contributed by atoms with Crippen LogP contribution in [-0.2, 0) is 16.0 Å². The van der Waals surface area contributed by atoms with Crippen molar-refractivity contribution in [2.45, 2.75) is 20.4 Å². The van der Waals surface area contributed by atoms with E-state index in [-0.39, 0.29) is 0 Å². The zero-order chi connectivity index (χ0) is 15.5. The monoisotopic (exact) mass is 358 g/mol. The van der Waals surface area contributed by atoms with Gasteiger partial charge in [0.05, 0.1) is 13.2 Å². The molecule has 21 heavy (non-hydrogen) atoms. The van der Waals surface area contributed by atoms with E-state index in [0.717, 1.165) is 50.5 Å². The van der Waals surface area contributed by atoms with Gasteiger partial charge in [-0.05, 0) is 38.6 Å². The largest absolute Gasteiger partial charge is 0.380 e. The van der Waals surface area contributed by atoms with Crippen molar-refractivity contribution in [3.8, 4) is 0 Å². The van der Waals surface area contributed by atoms with Crippen LogP contribution >= 0.6 is 15.9 Å². The minimum absolute atomic E-state index is 0.735. The van der Waals surface area contributed by atoms with Crippen LogP contribution in [0, 0.1) is 0 Å². The molecule has 1 aromatic carbocycles. The van der Waals surface area contributed by atoms with Gasteiger partial charge < -0.3 is 19.7 Å².